The molecule has 1 atom stereocenters. The van der Waals surface area contributed by atoms with E-state index in [4.69, 9.17) is 0 Å². The Bertz CT molecular complexity index is 1040. The first-order valence-corrected chi connectivity index (χ1v) is 11.6. The number of benzene rings is 3. The van der Waals surface area contributed by atoms with E-state index in [1.165, 1.54) is 16.3 Å². The highest BCUT2D eigenvalue weighted by Crippen LogP contribution is 2.21. The van der Waals surface area contributed by atoms with Gasteiger partial charge in [-0.1, -0.05) is 86.1 Å². The number of hydrogen-bond donors (Lipinski definition) is 1. The molecule has 0 radical (unpaired) electrons. The summed E-state index contributed by atoms with van der Waals surface area (Å²) >= 11 is 0. The fourth-order valence-electron chi connectivity index (χ4n) is 4.07. The summed E-state index contributed by atoms with van der Waals surface area (Å²) in [5.41, 5.74) is 3.38. The van der Waals surface area contributed by atoms with Crippen molar-refractivity contribution in [3.63, 3.8) is 0 Å². The van der Waals surface area contributed by atoms with Crippen molar-refractivity contribution in [3.05, 3.63) is 83.4 Å². The average Bonchev–Trinajstić information content (AvgIpc) is 2.82. The van der Waals surface area contributed by atoms with Crippen LogP contribution in [0.25, 0.3) is 10.8 Å². The molecule has 168 valence electrons. The van der Waals surface area contributed by atoms with Crippen molar-refractivity contribution in [2.24, 2.45) is 0 Å². The number of nitrogens with one attached hydrogen (secondary N) is 1. The van der Waals surface area contributed by atoms with Crippen LogP contribution in [-0.4, -0.2) is 29.3 Å². The molecule has 0 aliphatic rings. The molecule has 2 amide bonds. The molecule has 3 aromatic carbocycles. The van der Waals surface area contributed by atoms with Gasteiger partial charge in [0.15, 0.2) is 0 Å². The number of aryl methyl sites for hydroxylation is 2. The smallest absolute Gasteiger partial charge is 0.242 e. The van der Waals surface area contributed by atoms with E-state index in [9.17, 15) is 9.59 Å². The first-order chi connectivity index (χ1) is 15.5. The van der Waals surface area contributed by atoms with Crippen molar-refractivity contribution in [1.82, 2.24) is 10.2 Å². The molecule has 0 bridgehead atoms. The minimum absolute atomic E-state index is 0.0111. The van der Waals surface area contributed by atoms with Crippen LogP contribution in [0.4, 0.5) is 0 Å². The van der Waals surface area contributed by atoms with Crippen LogP contribution in [0.2, 0.25) is 0 Å². The van der Waals surface area contributed by atoms with E-state index < -0.39 is 6.04 Å². The number of carbonyl (C=O) groups is 2. The standard InChI is InChI=1S/C28H34N2O2/c1-4-19-29-28(32)26(5-2)30(20-22-15-13-21(3)14-16-22)27(31)18-17-24-11-8-10-23-9-6-7-12-25(23)24/h6-16,26H,4-5,17-20H2,1-3H3,(H,29,32). The predicted molar refractivity (Wildman–Crippen MR) is 131 cm³/mol. The second-order valence-corrected chi connectivity index (χ2v) is 8.36. The lowest BCUT2D eigenvalue weighted by molar-refractivity contribution is -0.141. The van der Waals surface area contributed by atoms with Crippen molar-refractivity contribution in [1.29, 1.82) is 0 Å². The van der Waals surface area contributed by atoms with Crippen LogP contribution < -0.4 is 5.32 Å². The summed E-state index contributed by atoms with van der Waals surface area (Å²) in [6.45, 7) is 7.10. The number of amides is 2. The molecule has 4 nitrogen and oxygen atoms in total. The van der Waals surface area contributed by atoms with Crippen molar-refractivity contribution in [2.75, 3.05) is 6.54 Å². The van der Waals surface area contributed by atoms with Crippen molar-refractivity contribution >= 4 is 22.6 Å². The van der Waals surface area contributed by atoms with E-state index in [-0.39, 0.29) is 11.8 Å². The van der Waals surface area contributed by atoms with Crippen LogP contribution in [0.15, 0.2) is 66.7 Å². The van der Waals surface area contributed by atoms with E-state index in [1.54, 1.807) is 4.90 Å². The quantitative estimate of drug-likeness (QED) is 0.467. The molecule has 0 spiro atoms. The number of hydrogen-bond acceptors (Lipinski definition) is 2. The number of fused-ring (bicyclic) bond motifs is 1. The molecular weight excluding hydrogens is 396 g/mol. The lowest BCUT2D eigenvalue weighted by atomic mass is 10.00. The van der Waals surface area contributed by atoms with Gasteiger partial charge in [-0.05, 0) is 48.1 Å². The van der Waals surface area contributed by atoms with Crippen molar-refractivity contribution in [2.45, 2.75) is 59.0 Å². The molecule has 0 aliphatic carbocycles. The Morgan fingerprint density at radius 2 is 1.66 bits per heavy atom. The minimum atomic E-state index is -0.470. The SMILES string of the molecule is CCCNC(=O)C(CC)N(Cc1ccc(C)cc1)C(=O)CCc1cccc2ccccc12. The average molecular weight is 431 g/mol. The van der Waals surface area contributed by atoms with E-state index in [1.807, 2.05) is 63.2 Å². The lowest BCUT2D eigenvalue weighted by Crippen LogP contribution is -2.49. The number of nitrogens with zero attached hydrogens (tertiary/aromatic N) is 1. The second-order valence-electron chi connectivity index (χ2n) is 8.36. The van der Waals surface area contributed by atoms with E-state index in [2.05, 4.69) is 29.6 Å². The molecular formula is C28H34N2O2. The third-order valence-electron chi connectivity index (χ3n) is 5.90. The van der Waals surface area contributed by atoms with Gasteiger partial charge in [0.05, 0.1) is 0 Å². The largest absolute Gasteiger partial charge is 0.354 e. The molecule has 0 heterocycles. The molecule has 1 unspecified atom stereocenters. The Morgan fingerprint density at radius 3 is 2.38 bits per heavy atom. The molecule has 0 fully saturated rings. The Labute approximate surface area is 191 Å². The van der Waals surface area contributed by atoms with Gasteiger partial charge in [0.1, 0.15) is 6.04 Å². The van der Waals surface area contributed by atoms with E-state index in [0.717, 1.165) is 17.5 Å². The lowest BCUT2D eigenvalue weighted by Gasteiger charge is -2.31. The van der Waals surface area contributed by atoms with Gasteiger partial charge in [0.25, 0.3) is 0 Å². The van der Waals surface area contributed by atoms with Gasteiger partial charge in [0.2, 0.25) is 11.8 Å². The van der Waals surface area contributed by atoms with E-state index >= 15 is 0 Å². The van der Waals surface area contributed by atoms with Gasteiger partial charge < -0.3 is 10.2 Å². The molecule has 0 saturated heterocycles. The highest BCUT2D eigenvalue weighted by Gasteiger charge is 2.28. The van der Waals surface area contributed by atoms with Gasteiger partial charge in [0, 0.05) is 19.5 Å². The molecule has 0 aliphatic heterocycles. The predicted octanol–water partition coefficient (Wildman–Crippen LogP) is 5.41. The zero-order chi connectivity index (χ0) is 22.9. The molecule has 3 rings (SSSR count). The van der Waals surface area contributed by atoms with Gasteiger partial charge in [-0.25, -0.2) is 0 Å². The number of carbonyl (C=O) groups excluding carboxylic acids is 2. The Kier molecular flexibility index (Phi) is 8.43. The fourth-order valence-corrected chi connectivity index (χ4v) is 4.07. The molecule has 1 N–H and O–H groups in total. The van der Waals surface area contributed by atoms with Crippen molar-refractivity contribution in [3.8, 4) is 0 Å². The topological polar surface area (TPSA) is 49.4 Å². The maximum Gasteiger partial charge on any atom is 0.242 e. The fraction of sp³-hybridized carbons (Fsp3) is 0.357. The van der Waals surface area contributed by atoms with Gasteiger partial charge in [-0.2, -0.15) is 0 Å². The van der Waals surface area contributed by atoms with Crippen LogP contribution in [0.5, 0.6) is 0 Å². The maximum atomic E-state index is 13.4. The van der Waals surface area contributed by atoms with Crippen LogP contribution in [0, 0.1) is 6.92 Å². The van der Waals surface area contributed by atoms with Crippen LogP contribution in [-0.2, 0) is 22.6 Å². The Balaban J connectivity index is 1.81. The van der Waals surface area contributed by atoms with Gasteiger partial charge >= 0.3 is 0 Å². The summed E-state index contributed by atoms with van der Waals surface area (Å²) in [7, 11) is 0. The zero-order valence-electron chi connectivity index (χ0n) is 19.4. The molecule has 0 aromatic heterocycles. The summed E-state index contributed by atoms with van der Waals surface area (Å²) in [5.74, 6) is -0.0584. The maximum absolute atomic E-state index is 13.4. The summed E-state index contributed by atoms with van der Waals surface area (Å²) < 4.78 is 0. The van der Waals surface area contributed by atoms with Crippen molar-refractivity contribution < 1.29 is 9.59 Å². The number of rotatable bonds is 10. The molecule has 32 heavy (non-hydrogen) atoms. The zero-order valence-corrected chi connectivity index (χ0v) is 19.4. The summed E-state index contributed by atoms with van der Waals surface area (Å²) in [6.07, 6.45) is 2.48. The van der Waals surface area contributed by atoms with Crippen LogP contribution in [0.3, 0.4) is 0 Å². The highest BCUT2D eigenvalue weighted by molar-refractivity contribution is 5.89. The third kappa shape index (κ3) is 5.97. The molecule has 0 saturated carbocycles. The second kappa shape index (κ2) is 11.5. The first kappa shape index (κ1) is 23.5. The normalized spacial score (nSPS) is 11.8. The highest BCUT2D eigenvalue weighted by atomic mass is 16.2. The molecule has 4 heteroatoms. The molecule has 3 aromatic rings. The first-order valence-electron chi connectivity index (χ1n) is 11.6. The summed E-state index contributed by atoms with van der Waals surface area (Å²) in [5, 5.41) is 5.34. The monoisotopic (exact) mass is 430 g/mol. The summed E-state index contributed by atoms with van der Waals surface area (Å²) in [4.78, 5) is 28.1. The van der Waals surface area contributed by atoms with Gasteiger partial charge in [-0.15, -0.1) is 0 Å². The summed E-state index contributed by atoms with van der Waals surface area (Å²) in [6, 6.07) is 22.2. The third-order valence-corrected chi connectivity index (χ3v) is 5.90. The van der Waals surface area contributed by atoms with E-state index in [0.29, 0.717) is 32.4 Å². The van der Waals surface area contributed by atoms with Crippen LogP contribution in [0.1, 0.15) is 49.8 Å². The Morgan fingerprint density at radius 1 is 0.938 bits per heavy atom. The minimum Gasteiger partial charge on any atom is -0.354 e. The van der Waals surface area contributed by atoms with Gasteiger partial charge in [-0.3, -0.25) is 9.59 Å². The van der Waals surface area contributed by atoms with Crippen LogP contribution >= 0.6 is 0 Å². The Hall–Kier alpha value is -3.14.